The summed E-state index contributed by atoms with van der Waals surface area (Å²) in [7, 11) is 2.13. The van der Waals surface area contributed by atoms with Crippen molar-refractivity contribution in [3.63, 3.8) is 0 Å². The first-order valence-corrected chi connectivity index (χ1v) is 8.02. The summed E-state index contributed by atoms with van der Waals surface area (Å²) < 4.78 is 2.23. The van der Waals surface area contributed by atoms with Gasteiger partial charge in [-0.05, 0) is 29.2 Å². The molecule has 4 rings (SSSR count). The minimum atomic E-state index is 0.948. The molecule has 0 fully saturated rings. The quantitative estimate of drug-likeness (QED) is 0.605. The number of allylic oxidation sites excluding steroid dienone is 2. The second kappa shape index (κ2) is 5.77. The maximum Gasteiger partial charge on any atom is 0.0560 e. The van der Waals surface area contributed by atoms with Gasteiger partial charge in [-0.3, -0.25) is 0 Å². The maximum absolute atomic E-state index is 2.34. The predicted octanol–water partition coefficient (Wildman–Crippen LogP) is 5.29. The van der Waals surface area contributed by atoms with Gasteiger partial charge in [0, 0.05) is 24.4 Å². The highest BCUT2D eigenvalue weighted by atomic mass is 14.9. The Morgan fingerprint density at radius 1 is 0.696 bits per heavy atom. The smallest absolute Gasteiger partial charge is 0.0560 e. The Balaban J connectivity index is 1.89. The Kier molecular flexibility index (Phi) is 3.47. The molecule has 0 unspecified atom stereocenters. The zero-order valence-corrected chi connectivity index (χ0v) is 13.2. The van der Waals surface area contributed by atoms with Gasteiger partial charge in [0.05, 0.1) is 5.69 Å². The number of rotatable bonds is 2. The molecule has 1 aromatic heterocycles. The van der Waals surface area contributed by atoms with Crippen molar-refractivity contribution < 1.29 is 0 Å². The van der Waals surface area contributed by atoms with Crippen LogP contribution >= 0.6 is 0 Å². The summed E-state index contributed by atoms with van der Waals surface area (Å²) in [6.45, 7) is 0. The predicted molar refractivity (Wildman–Crippen MR) is 97.1 cm³/mol. The van der Waals surface area contributed by atoms with Gasteiger partial charge in [-0.1, -0.05) is 72.8 Å². The summed E-state index contributed by atoms with van der Waals surface area (Å²) in [4.78, 5) is 0. The number of aryl methyl sites for hydroxylation is 1. The SMILES string of the molecule is Cn1ccc2c1C(c1ccccc1)=CCC=C2c1ccccc1. The standard InChI is InChI=1S/C22H19N/c1-23-16-15-21-19(17-9-4-2-5-10-17)13-8-14-20(22(21)23)18-11-6-3-7-12-18/h2-7,9-16H,8H2,1H3. The minimum Gasteiger partial charge on any atom is -0.350 e. The fraction of sp³-hybridized carbons (Fsp3) is 0.0909. The van der Waals surface area contributed by atoms with Gasteiger partial charge in [-0.2, -0.15) is 0 Å². The number of nitrogens with zero attached hydrogens (tertiary/aromatic N) is 1. The zero-order chi connectivity index (χ0) is 15.6. The van der Waals surface area contributed by atoms with Gasteiger partial charge < -0.3 is 4.57 Å². The van der Waals surface area contributed by atoms with Crippen LogP contribution < -0.4 is 0 Å². The number of hydrogen-bond acceptors (Lipinski definition) is 0. The number of fused-ring (bicyclic) bond motifs is 1. The van der Waals surface area contributed by atoms with Crippen LogP contribution in [0, 0.1) is 0 Å². The topological polar surface area (TPSA) is 4.93 Å². The van der Waals surface area contributed by atoms with Crippen molar-refractivity contribution >= 4 is 11.1 Å². The molecule has 0 spiro atoms. The molecular formula is C22H19N. The van der Waals surface area contributed by atoms with Crippen molar-refractivity contribution in [1.29, 1.82) is 0 Å². The lowest BCUT2D eigenvalue weighted by molar-refractivity contribution is 0.908. The molecular weight excluding hydrogens is 278 g/mol. The van der Waals surface area contributed by atoms with E-state index in [4.69, 9.17) is 0 Å². The highest BCUT2D eigenvalue weighted by molar-refractivity contribution is 5.92. The van der Waals surface area contributed by atoms with Crippen LogP contribution in [0.1, 0.15) is 28.8 Å². The molecule has 0 saturated heterocycles. The second-order valence-corrected chi connectivity index (χ2v) is 5.89. The van der Waals surface area contributed by atoms with Crippen molar-refractivity contribution in [2.75, 3.05) is 0 Å². The van der Waals surface area contributed by atoms with Crippen molar-refractivity contribution in [3.05, 3.63) is 107 Å². The molecule has 0 N–H and O–H groups in total. The summed E-state index contributed by atoms with van der Waals surface area (Å²) in [5.41, 5.74) is 7.80. The molecule has 2 aromatic carbocycles. The summed E-state index contributed by atoms with van der Waals surface area (Å²) >= 11 is 0. The van der Waals surface area contributed by atoms with Crippen LogP contribution in [0.25, 0.3) is 11.1 Å². The minimum absolute atomic E-state index is 0.948. The van der Waals surface area contributed by atoms with E-state index in [1.165, 1.54) is 33.5 Å². The third-order valence-electron chi connectivity index (χ3n) is 4.43. The number of hydrogen-bond donors (Lipinski definition) is 0. The van der Waals surface area contributed by atoms with E-state index in [1.807, 2.05) is 0 Å². The first-order chi connectivity index (χ1) is 11.3. The Morgan fingerprint density at radius 2 is 1.26 bits per heavy atom. The van der Waals surface area contributed by atoms with Gasteiger partial charge in [0.1, 0.15) is 0 Å². The highest BCUT2D eigenvalue weighted by Gasteiger charge is 2.19. The summed E-state index contributed by atoms with van der Waals surface area (Å²) in [5.74, 6) is 0. The monoisotopic (exact) mass is 297 g/mol. The molecule has 1 nitrogen and oxygen atoms in total. The van der Waals surface area contributed by atoms with Crippen LogP contribution in [0.5, 0.6) is 0 Å². The lowest BCUT2D eigenvalue weighted by Gasteiger charge is -2.13. The lowest BCUT2D eigenvalue weighted by atomic mass is 9.94. The first-order valence-electron chi connectivity index (χ1n) is 8.02. The van der Waals surface area contributed by atoms with E-state index in [9.17, 15) is 0 Å². The summed E-state index contributed by atoms with van der Waals surface area (Å²) in [5, 5.41) is 0. The first kappa shape index (κ1) is 13.8. The van der Waals surface area contributed by atoms with Crippen LogP contribution in [0.15, 0.2) is 85.1 Å². The summed E-state index contributed by atoms with van der Waals surface area (Å²) in [6, 6.07) is 23.6. The van der Waals surface area contributed by atoms with Crippen LogP contribution in [0.3, 0.4) is 0 Å². The number of aromatic nitrogens is 1. The molecule has 1 aliphatic rings. The number of benzene rings is 2. The van der Waals surface area contributed by atoms with Gasteiger partial charge in [0.2, 0.25) is 0 Å². The molecule has 1 aliphatic carbocycles. The van der Waals surface area contributed by atoms with E-state index in [0.717, 1.165) is 6.42 Å². The van der Waals surface area contributed by atoms with Crippen LogP contribution in [0.2, 0.25) is 0 Å². The van der Waals surface area contributed by atoms with Gasteiger partial charge in [-0.15, -0.1) is 0 Å². The van der Waals surface area contributed by atoms with Crippen LogP contribution in [-0.4, -0.2) is 4.57 Å². The molecule has 23 heavy (non-hydrogen) atoms. The zero-order valence-electron chi connectivity index (χ0n) is 13.2. The molecule has 3 aromatic rings. The molecule has 0 bridgehead atoms. The Morgan fingerprint density at radius 3 is 1.91 bits per heavy atom. The normalized spacial score (nSPS) is 13.8. The van der Waals surface area contributed by atoms with E-state index < -0.39 is 0 Å². The van der Waals surface area contributed by atoms with Crippen LogP contribution in [0.4, 0.5) is 0 Å². The van der Waals surface area contributed by atoms with Gasteiger partial charge >= 0.3 is 0 Å². The van der Waals surface area contributed by atoms with Crippen molar-refractivity contribution in [2.45, 2.75) is 6.42 Å². The van der Waals surface area contributed by atoms with Crippen molar-refractivity contribution in [3.8, 4) is 0 Å². The van der Waals surface area contributed by atoms with Gasteiger partial charge in [0.15, 0.2) is 0 Å². The van der Waals surface area contributed by atoms with E-state index >= 15 is 0 Å². The molecule has 0 radical (unpaired) electrons. The average molecular weight is 297 g/mol. The molecule has 0 atom stereocenters. The largest absolute Gasteiger partial charge is 0.350 e. The van der Waals surface area contributed by atoms with Crippen LogP contribution in [-0.2, 0) is 7.05 Å². The summed E-state index contributed by atoms with van der Waals surface area (Å²) in [6.07, 6.45) is 7.78. The lowest BCUT2D eigenvalue weighted by Crippen LogP contribution is -1.99. The molecule has 1 heteroatoms. The third kappa shape index (κ3) is 2.44. The molecule has 112 valence electrons. The molecule has 1 heterocycles. The molecule has 0 aliphatic heterocycles. The third-order valence-corrected chi connectivity index (χ3v) is 4.43. The maximum atomic E-state index is 2.34. The van der Waals surface area contributed by atoms with E-state index in [2.05, 4.69) is 96.7 Å². The average Bonchev–Trinajstić information content (AvgIpc) is 2.87. The van der Waals surface area contributed by atoms with E-state index in [1.54, 1.807) is 0 Å². The van der Waals surface area contributed by atoms with Crippen molar-refractivity contribution in [1.82, 2.24) is 4.57 Å². The second-order valence-electron chi connectivity index (χ2n) is 5.89. The van der Waals surface area contributed by atoms with E-state index in [-0.39, 0.29) is 0 Å². The fourth-order valence-corrected chi connectivity index (χ4v) is 3.35. The Hall–Kier alpha value is -2.80. The molecule has 0 saturated carbocycles. The fourth-order valence-electron chi connectivity index (χ4n) is 3.35. The molecule has 0 amide bonds. The van der Waals surface area contributed by atoms with Gasteiger partial charge in [0.25, 0.3) is 0 Å². The Labute approximate surface area is 137 Å². The Bertz CT molecular complexity index is 880. The van der Waals surface area contributed by atoms with Crippen molar-refractivity contribution in [2.24, 2.45) is 7.05 Å². The van der Waals surface area contributed by atoms with E-state index in [0.29, 0.717) is 0 Å². The highest BCUT2D eigenvalue weighted by Crippen LogP contribution is 2.36. The van der Waals surface area contributed by atoms with Gasteiger partial charge in [-0.25, -0.2) is 0 Å².